The number of hydrogen-bond acceptors (Lipinski definition) is 6. The predicted molar refractivity (Wildman–Crippen MR) is 145 cm³/mol. The van der Waals surface area contributed by atoms with E-state index in [0.29, 0.717) is 12.8 Å². The SMILES string of the molecule is CC/C=C\C/C=C\C/C=C\C/C=C\C/C=C\CCCC(=O)OC[C@@H]1CCC(n2ccc(N)nc2=O)O1. The smallest absolute Gasteiger partial charge is 0.351 e. The molecule has 1 aromatic heterocycles. The number of rotatable bonds is 16. The summed E-state index contributed by atoms with van der Waals surface area (Å²) in [5, 5.41) is 0. The third-order valence-corrected chi connectivity index (χ3v) is 5.59. The molecule has 196 valence electrons. The normalized spacial score (nSPS) is 18.6. The number of nitrogens with two attached hydrogens (primary N) is 1. The zero-order chi connectivity index (χ0) is 25.8. The van der Waals surface area contributed by atoms with E-state index in [1.54, 1.807) is 12.3 Å². The average molecular weight is 496 g/mol. The maximum atomic E-state index is 12.0. The molecule has 0 aliphatic carbocycles. The van der Waals surface area contributed by atoms with E-state index in [-0.39, 0.29) is 24.5 Å². The molecule has 1 aromatic rings. The van der Waals surface area contributed by atoms with E-state index in [1.807, 2.05) is 0 Å². The lowest BCUT2D eigenvalue weighted by atomic mass is 10.2. The molecule has 7 nitrogen and oxygen atoms in total. The van der Waals surface area contributed by atoms with Crippen LogP contribution in [-0.4, -0.2) is 28.2 Å². The summed E-state index contributed by atoms with van der Waals surface area (Å²) in [7, 11) is 0. The first-order valence-electron chi connectivity index (χ1n) is 13.0. The van der Waals surface area contributed by atoms with Crippen LogP contribution in [0.15, 0.2) is 77.8 Å². The van der Waals surface area contributed by atoms with E-state index in [4.69, 9.17) is 15.2 Å². The van der Waals surface area contributed by atoms with Gasteiger partial charge >= 0.3 is 11.7 Å². The van der Waals surface area contributed by atoms with E-state index in [0.717, 1.165) is 51.4 Å². The predicted octanol–water partition coefficient (Wildman–Crippen LogP) is 5.97. The lowest BCUT2D eigenvalue weighted by Gasteiger charge is -2.15. The van der Waals surface area contributed by atoms with Gasteiger partial charge < -0.3 is 15.2 Å². The average Bonchev–Trinajstić information content (AvgIpc) is 3.33. The fourth-order valence-corrected chi connectivity index (χ4v) is 3.65. The van der Waals surface area contributed by atoms with Crippen molar-refractivity contribution in [3.8, 4) is 0 Å². The van der Waals surface area contributed by atoms with Gasteiger partial charge in [-0.1, -0.05) is 67.7 Å². The molecular formula is C29H41N3O4. The Kier molecular flexibility index (Phi) is 14.6. The van der Waals surface area contributed by atoms with Crippen LogP contribution in [-0.2, 0) is 14.3 Å². The van der Waals surface area contributed by atoms with Gasteiger partial charge in [-0.25, -0.2) is 4.79 Å². The highest BCUT2D eigenvalue weighted by molar-refractivity contribution is 5.69. The van der Waals surface area contributed by atoms with Crippen LogP contribution in [0.2, 0.25) is 0 Å². The molecule has 36 heavy (non-hydrogen) atoms. The molecule has 0 spiro atoms. The minimum Gasteiger partial charge on any atom is -0.463 e. The number of unbranched alkanes of at least 4 members (excludes halogenated alkanes) is 1. The summed E-state index contributed by atoms with van der Waals surface area (Å²) in [6.07, 6.45) is 31.0. The Labute approximate surface area is 215 Å². The number of esters is 1. The quantitative estimate of drug-likeness (QED) is 0.172. The van der Waals surface area contributed by atoms with Crippen molar-refractivity contribution in [2.24, 2.45) is 0 Å². The molecule has 0 radical (unpaired) electrons. The van der Waals surface area contributed by atoms with Crippen LogP contribution in [0, 0.1) is 0 Å². The van der Waals surface area contributed by atoms with Crippen LogP contribution < -0.4 is 11.4 Å². The Morgan fingerprint density at radius 1 is 1.03 bits per heavy atom. The lowest BCUT2D eigenvalue weighted by molar-refractivity contribution is -0.148. The van der Waals surface area contributed by atoms with Crippen molar-refractivity contribution >= 4 is 11.8 Å². The summed E-state index contributed by atoms with van der Waals surface area (Å²) >= 11 is 0. The standard InChI is InChI=1S/C29H41N3O4/c1-2-3-4-5-6-7-8-9-10-11-12-13-14-15-16-17-18-19-28(33)35-24-25-20-21-27(36-25)32-23-22-26(30)31-29(32)34/h3-4,6-7,9-10,12-13,15-16,22-23,25,27H,2,5,8,11,14,17-21,24H2,1H3,(H2,30,31,34)/b4-3-,7-6-,10-9-,13-12-,16-15-/t25-,27?/m0/s1. The molecule has 0 aromatic carbocycles. The summed E-state index contributed by atoms with van der Waals surface area (Å²) in [4.78, 5) is 27.6. The first-order valence-corrected chi connectivity index (χ1v) is 13.0. The molecular weight excluding hydrogens is 454 g/mol. The van der Waals surface area contributed by atoms with Crippen LogP contribution in [0.1, 0.15) is 77.4 Å². The van der Waals surface area contributed by atoms with Crippen molar-refractivity contribution < 1.29 is 14.3 Å². The molecule has 1 aliphatic rings. The molecule has 2 heterocycles. The van der Waals surface area contributed by atoms with Crippen LogP contribution in [0.25, 0.3) is 0 Å². The highest BCUT2D eigenvalue weighted by Gasteiger charge is 2.28. The van der Waals surface area contributed by atoms with E-state index < -0.39 is 11.9 Å². The first kappa shape index (κ1) is 29.0. The number of carbonyl (C=O) groups is 1. The molecule has 0 saturated carbocycles. The topological polar surface area (TPSA) is 96.4 Å². The number of aromatic nitrogens is 2. The summed E-state index contributed by atoms with van der Waals surface area (Å²) in [6.45, 7) is 2.35. The number of anilines is 1. The molecule has 2 rings (SSSR count). The Hall–Kier alpha value is -3.19. The summed E-state index contributed by atoms with van der Waals surface area (Å²) in [5.74, 6) is -0.0370. The zero-order valence-electron chi connectivity index (χ0n) is 21.5. The van der Waals surface area contributed by atoms with Crippen LogP contribution in [0.5, 0.6) is 0 Å². The molecule has 1 aliphatic heterocycles. The van der Waals surface area contributed by atoms with Crippen LogP contribution >= 0.6 is 0 Å². The Morgan fingerprint density at radius 2 is 1.64 bits per heavy atom. The Morgan fingerprint density at radius 3 is 2.25 bits per heavy atom. The van der Waals surface area contributed by atoms with Crippen molar-refractivity contribution in [2.75, 3.05) is 12.3 Å². The number of hydrogen-bond donors (Lipinski definition) is 1. The second kappa shape index (κ2) is 18.1. The van der Waals surface area contributed by atoms with Gasteiger partial charge in [-0.3, -0.25) is 9.36 Å². The third-order valence-electron chi connectivity index (χ3n) is 5.59. The molecule has 2 atom stereocenters. The molecule has 7 heteroatoms. The van der Waals surface area contributed by atoms with Crippen molar-refractivity contribution in [3.63, 3.8) is 0 Å². The highest BCUT2D eigenvalue weighted by Crippen LogP contribution is 2.27. The van der Waals surface area contributed by atoms with E-state index in [2.05, 4.69) is 72.7 Å². The van der Waals surface area contributed by atoms with Gasteiger partial charge in [0, 0.05) is 12.6 Å². The zero-order valence-corrected chi connectivity index (χ0v) is 21.5. The Bertz CT molecular complexity index is 975. The minimum atomic E-state index is -0.437. The monoisotopic (exact) mass is 495 g/mol. The largest absolute Gasteiger partial charge is 0.463 e. The van der Waals surface area contributed by atoms with Gasteiger partial charge in [0.25, 0.3) is 0 Å². The number of ether oxygens (including phenoxy) is 2. The molecule has 1 saturated heterocycles. The number of allylic oxidation sites excluding steroid dienone is 10. The maximum Gasteiger partial charge on any atom is 0.351 e. The second-order valence-electron chi connectivity index (χ2n) is 8.62. The van der Waals surface area contributed by atoms with Gasteiger partial charge in [0.2, 0.25) is 0 Å². The lowest BCUT2D eigenvalue weighted by Crippen LogP contribution is -2.28. The van der Waals surface area contributed by atoms with Gasteiger partial charge in [0.1, 0.15) is 18.7 Å². The van der Waals surface area contributed by atoms with E-state index in [9.17, 15) is 9.59 Å². The van der Waals surface area contributed by atoms with Gasteiger partial charge in [-0.2, -0.15) is 4.98 Å². The van der Waals surface area contributed by atoms with Crippen LogP contribution in [0.4, 0.5) is 5.82 Å². The van der Waals surface area contributed by atoms with Crippen molar-refractivity contribution in [2.45, 2.75) is 83.5 Å². The van der Waals surface area contributed by atoms with Gasteiger partial charge in [0.15, 0.2) is 0 Å². The number of nitrogen functional groups attached to an aromatic ring is 1. The fraction of sp³-hybridized carbons (Fsp3) is 0.483. The van der Waals surface area contributed by atoms with Gasteiger partial charge in [-0.15, -0.1) is 0 Å². The van der Waals surface area contributed by atoms with Crippen molar-refractivity contribution in [3.05, 3.63) is 83.5 Å². The highest BCUT2D eigenvalue weighted by atomic mass is 16.6. The summed E-state index contributed by atoms with van der Waals surface area (Å²) in [6, 6.07) is 1.56. The van der Waals surface area contributed by atoms with Crippen molar-refractivity contribution in [1.29, 1.82) is 0 Å². The van der Waals surface area contributed by atoms with E-state index >= 15 is 0 Å². The van der Waals surface area contributed by atoms with Gasteiger partial charge in [-0.05, 0) is 63.9 Å². The summed E-state index contributed by atoms with van der Waals surface area (Å²) in [5.41, 5.74) is 5.08. The maximum absolute atomic E-state index is 12.0. The molecule has 1 unspecified atom stereocenters. The number of nitrogens with zero attached hydrogens (tertiary/aromatic N) is 2. The molecule has 0 bridgehead atoms. The fourth-order valence-electron chi connectivity index (χ4n) is 3.65. The van der Waals surface area contributed by atoms with Gasteiger partial charge in [0.05, 0.1) is 6.10 Å². The van der Waals surface area contributed by atoms with E-state index in [1.165, 1.54) is 4.57 Å². The van der Waals surface area contributed by atoms with Crippen molar-refractivity contribution in [1.82, 2.24) is 9.55 Å². The molecule has 0 amide bonds. The molecule has 1 fully saturated rings. The molecule has 2 N–H and O–H groups in total. The summed E-state index contributed by atoms with van der Waals surface area (Å²) < 4.78 is 12.6. The first-order chi connectivity index (χ1) is 17.6. The Balaban J connectivity index is 1.47. The third kappa shape index (κ3) is 12.5. The second-order valence-corrected chi connectivity index (χ2v) is 8.62. The van der Waals surface area contributed by atoms with Crippen LogP contribution in [0.3, 0.4) is 0 Å². The number of carbonyl (C=O) groups excluding carboxylic acids is 1. The minimum absolute atomic E-state index is 0.185.